The predicted octanol–water partition coefficient (Wildman–Crippen LogP) is 3.84. The molecule has 0 amide bonds. The Morgan fingerprint density at radius 2 is 1.86 bits per heavy atom. The van der Waals surface area contributed by atoms with E-state index in [0.717, 1.165) is 24.2 Å². The lowest BCUT2D eigenvalue weighted by atomic mass is 9.49. The first kappa shape index (κ1) is 13.3. The van der Waals surface area contributed by atoms with Gasteiger partial charge in [-0.2, -0.15) is 0 Å². The molecule has 0 radical (unpaired) electrons. The van der Waals surface area contributed by atoms with Gasteiger partial charge in [-0.15, -0.1) is 0 Å². The highest BCUT2D eigenvalue weighted by Crippen LogP contribution is 2.61. The third-order valence-electron chi connectivity index (χ3n) is 5.93. The molecule has 4 bridgehead atoms. The summed E-state index contributed by atoms with van der Waals surface area (Å²) >= 11 is 0. The molecule has 1 heterocycles. The molecule has 0 spiro atoms. The fourth-order valence-corrected chi connectivity index (χ4v) is 5.52. The van der Waals surface area contributed by atoms with Gasteiger partial charge in [0.25, 0.3) is 0 Å². The number of carbonyl (C=O) groups is 1. The van der Waals surface area contributed by atoms with Crippen LogP contribution in [0.2, 0.25) is 0 Å². The second-order valence-corrected chi connectivity index (χ2v) is 7.55. The topological polar surface area (TPSA) is 39.2 Å². The van der Waals surface area contributed by atoms with Crippen LogP contribution in [0.5, 0.6) is 0 Å². The maximum atomic E-state index is 12.0. The van der Waals surface area contributed by atoms with Crippen molar-refractivity contribution in [3.05, 3.63) is 30.1 Å². The molecular weight excluding hydrogens is 262 g/mol. The largest absolute Gasteiger partial charge is 0.462 e. The molecular formula is C18H23NO2. The van der Waals surface area contributed by atoms with Gasteiger partial charge >= 0.3 is 5.97 Å². The molecule has 0 aromatic carbocycles. The predicted molar refractivity (Wildman–Crippen MR) is 79.7 cm³/mol. The Hall–Kier alpha value is -1.38. The van der Waals surface area contributed by atoms with Gasteiger partial charge in [0.2, 0.25) is 0 Å². The molecule has 0 unspecified atom stereocenters. The van der Waals surface area contributed by atoms with Crippen molar-refractivity contribution in [3.8, 4) is 0 Å². The van der Waals surface area contributed by atoms with Crippen LogP contribution < -0.4 is 0 Å². The second kappa shape index (κ2) is 5.11. The van der Waals surface area contributed by atoms with Gasteiger partial charge in [0.05, 0.1) is 12.2 Å². The van der Waals surface area contributed by atoms with E-state index in [1.54, 1.807) is 24.5 Å². The summed E-state index contributed by atoms with van der Waals surface area (Å²) in [5.41, 5.74) is 1.05. The molecule has 1 aromatic heterocycles. The Morgan fingerprint density at radius 3 is 2.43 bits per heavy atom. The lowest BCUT2D eigenvalue weighted by Gasteiger charge is -2.57. The lowest BCUT2D eigenvalue weighted by Crippen LogP contribution is -2.46. The van der Waals surface area contributed by atoms with Crippen LogP contribution in [0.15, 0.2) is 24.5 Å². The van der Waals surface area contributed by atoms with E-state index in [0.29, 0.717) is 17.6 Å². The SMILES string of the molecule is O=C(OCCC12CC3CC(CC(C3)C1)C2)c1cccnc1. The van der Waals surface area contributed by atoms with E-state index in [2.05, 4.69) is 4.98 Å². The van der Waals surface area contributed by atoms with Crippen molar-refractivity contribution in [2.75, 3.05) is 6.61 Å². The number of hydrogen-bond acceptors (Lipinski definition) is 3. The summed E-state index contributed by atoms with van der Waals surface area (Å²) in [7, 11) is 0. The number of ether oxygens (including phenoxy) is 1. The van der Waals surface area contributed by atoms with Crippen molar-refractivity contribution in [2.24, 2.45) is 23.2 Å². The van der Waals surface area contributed by atoms with E-state index < -0.39 is 0 Å². The van der Waals surface area contributed by atoms with E-state index in [-0.39, 0.29) is 5.97 Å². The summed E-state index contributed by atoms with van der Waals surface area (Å²) in [5, 5.41) is 0. The number of rotatable bonds is 4. The Balaban J connectivity index is 1.34. The van der Waals surface area contributed by atoms with Crippen molar-refractivity contribution in [1.29, 1.82) is 0 Å². The first-order valence-corrected chi connectivity index (χ1v) is 8.30. The van der Waals surface area contributed by atoms with Gasteiger partial charge in [-0.05, 0) is 80.2 Å². The first-order chi connectivity index (χ1) is 10.2. The Bertz CT molecular complexity index is 490. The molecule has 4 aliphatic rings. The van der Waals surface area contributed by atoms with E-state index in [9.17, 15) is 4.79 Å². The van der Waals surface area contributed by atoms with Crippen LogP contribution in [0.25, 0.3) is 0 Å². The van der Waals surface area contributed by atoms with Crippen LogP contribution in [0, 0.1) is 23.2 Å². The van der Waals surface area contributed by atoms with Crippen LogP contribution in [-0.4, -0.2) is 17.6 Å². The average Bonchev–Trinajstić information content (AvgIpc) is 2.46. The van der Waals surface area contributed by atoms with Gasteiger partial charge in [0.1, 0.15) is 0 Å². The monoisotopic (exact) mass is 285 g/mol. The van der Waals surface area contributed by atoms with Gasteiger partial charge in [0, 0.05) is 12.4 Å². The maximum absolute atomic E-state index is 12.0. The number of carbonyl (C=O) groups excluding carboxylic acids is 1. The van der Waals surface area contributed by atoms with Crippen molar-refractivity contribution < 1.29 is 9.53 Å². The summed E-state index contributed by atoms with van der Waals surface area (Å²) in [6, 6.07) is 3.54. The molecule has 4 saturated carbocycles. The molecule has 4 aliphatic carbocycles. The minimum Gasteiger partial charge on any atom is -0.462 e. The van der Waals surface area contributed by atoms with Crippen molar-refractivity contribution >= 4 is 5.97 Å². The van der Waals surface area contributed by atoms with E-state index >= 15 is 0 Å². The van der Waals surface area contributed by atoms with Crippen LogP contribution >= 0.6 is 0 Å². The standard InChI is InChI=1S/C18H23NO2/c20-17(16-2-1-4-19-12-16)21-5-3-18-9-13-6-14(10-18)8-15(7-13)11-18/h1-2,4,12-15H,3,5-11H2. The minimum atomic E-state index is -0.229. The summed E-state index contributed by atoms with van der Waals surface area (Å²) < 4.78 is 5.49. The number of pyridine rings is 1. The van der Waals surface area contributed by atoms with Crippen LogP contribution in [0.1, 0.15) is 55.3 Å². The van der Waals surface area contributed by atoms with E-state index in [4.69, 9.17) is 4.74 Å². The third kappa shape index (κ3) is 2.58. The van der Waals surface area contributed by atoms with Crippen LogP contribution in [0.4, 0.5) is 0 Å². The summed E-state index contributed by atoms with van der Waals surface area (Å²) in [6.45, 7) is 0.569. The Labute approximate surface area is 126 Å². The molecule has 0 aliphatic heterocycles. The summed E-state index contributed by atoms with van der Waals surface area (Å²) in [5.74, 6) is 2.66. The third-order valence-corrected chi connectivity index (χ3v) is 5.93. The van der Waals surface area contributed by atoms with Crippen molar-refractivity contribution in [3.63, 3.8) is 0 Å². The highest BCUT2D eigenvalue weighted by Gasteiger charge is 2.50. The maximum Gasteiger partial charge on any atom is 0.339 e. The first-order valence-electron chi connectivity index (χ1n) is 8.30. The average molecular weight is 285 g/mol. The van der Waals surface area contributed by atoms with Crippen molar-refractivity contribution in [2.45, 2.75) is 44.9 Å². The molecule has 3 nitrogen and oxygen atoms in total. The van der Waals surface area contributed by atoms with Gasteiger partial charge in [0.15, 0.2) is 0 Å². The van der Waals surface area contributed by atoms with E-state index in [1.165, 1.54) is 38.5 Å². The summed E-state index contributed by atoms with van der Waals surface area (Å²) in [6.07, 6.45) is 12.8. The molecule has 112 valence electrons. The normalized spacial score (nSPS) is 36.7. The zero-order valence-electron chi connectivity index (χ0n) is 12.5. The zero-order valence-corrected chi connectivity index (χ0v) is 12.5. The summed E-state index contributed by atoms with van der Waals surface area (Å²) in [4.78, 5) is 15.9. The Kier molecular flexibility index (Phi) is 3.24. The minimum absolute atomic E-state index is 0.229. The number of hydrogen-bond donors (Lipinski definition) is 0. The number of esters is 1. The number of nitrogens with zero attached hydrogens (tertiary/aromatic N) is 1. The molecule has 0 N–H and O–H groups in total. The van der Waals surface area contributed by atoms with Gasteiger partial charge in [-0.1, -0.05) is 0 Å². The number of aromatic nitrogens is 1. The molecule has 4 fully saturated rings. The molecule has 5 rings (SSSR count). The van der Waals surface area contributed by atoms with Gasteiger partial charge in [-0.3, -0.25) is 4.98 Å². The van der Waals surface area contributed by atoms with Gasteiger partial charge < -0.3 is 4.74 Å². The molecule has 3 heteroatoms. The second-order valence-electron chi connectivity index (χ2n) is 7.55. The molecule has 21 heavy (non-hydrogen) atoms. The molecule has 1 aromatic rings. The van der Waals surface area contributed by atoms with Crippen LogP contribution in [-0.2, 0) is 4.74 Å². The molecule has 0 atom stereocenters. The lowest BCUT2D eigenvalue weighted by molar-refractivity contribution is -0.0653. The smallest absolute Gasteiger partial charge is 0.339 e. The highest BCUT2D eigenvalue weighted by molar-refractivity contribution is 5.88. The van der Waals surface area contributed by atoms with E-state index in [1.807, 2.05) is 0 Å². The van der Waals surface area contributed by atoms with Gasteiger partial charge in [-0.25, -0.2) is 4.79 Å². The van der Waals surface area contributed by atoms with Crippen molar-refractivity contribution in [1.82, 2.24) is 4.98 Å². The quantitative estimate of drug-likeness (QED) is 0.789. The Morgan fingerprint density at radius 1 is 1.19 bits per heavy atom. The fourth-order valence-electron chi connectivity index (χ4n) is 5.52. The highest BCUT2D eigenvalue weighted by atomic mass is 16.5. The van der Waals surface area contributed by atoms with Crippen LogP contribution in [0.3, 0.4) is 0 Å². The zero-order chi connectivity index (χ0) is 14.3. The fraction of sp³-hybridized carbons (Fsp3) is 0.667. The molecule has 0 saturated heterocycles.